The highest BCUT2D eigenvalue weighted by molar-refractivity contribution is 5.76. The SMILES string of the molecule is [2H]C1C2CCC(C2)C1(OC(=O)C(F)(F)F)c1ccccc1. The minimum atomic E-state index is -5.04. The van der Waals surface area contributed by atoms with Crippen molar-refractivity contribution in [1.29, 1.82) is 0 Å². The van der Waals surface area contributed by atoms with Crippen LogP contribution in [0.4, 0.5) is 13.2 Å². The average molecular weight is 285 g/mol. The van der Waals surface area contributed by atoms with Gasteiger partial charge in [-0.25, -0.2) is 4.79 Å². The first-order valence-electron chi connectivity index (χ1n) is 7.21. The molecule has 2 saturated carbocycles. The highest BCUT2D eigenvalue weighted by atomic mass is 19.4. The van der Waals surface area contributed by atoms with E-state index in [1.54, 1.807) is 30.3 Å². The number of ether oxygens (including phenoxy) is 1. The minimum absolute atomic E-state index is 0.00348. The molecule has 0 heterocycles. The number of hydrogen-bond donors (Lipinski definition) is 0. The van der Waals surface area contributed by atoms with E-state index in [0.717, 1.165) is 6.42 Å². The van der Waals surface area contributed by atoms with Crippen molar-refractivity contribution in [3.05, 3.63) is 35.9 Å². The van der Waals surface area contributed by atoms with Gasteiger partial charge < -0.3 is 4.74 Å². The van der Waals surface area contributed by atoms with Crippen LogP contribution < -0.4 is 0 Å². The lowest BCUT2D eigenvalue weighted by molar-refractivity contribution is -0.220. The Morgan fingerprint density at radius 3 is 2.55 bits per heavy atom. The highest BCUT2D eigenvalue weighted by Gasteiger charge is 2.57. The molecule has 1 aromatic rings. The van der Waals surface area contributed by atoms with Gasteiger partial charge in [0.25, 0.3) is 0 Å². The second kappa shape index (κ2) is 4.50. The second-order valence-electron chi connectivity index (χ2n) is 5.48. The number of carbonyl (C=O) groups excluding carboxylic acids is 1. The topological polar surface area (TPSA) is 26.3 Å². The van der Waals surface area contributed by atoms with Crippen molar-refractivity contribution in [2.24, 2.45) is 11.8 Å². The predicted octanol–water partition coefficient (Wildman–Crippen LogP) is 3.81. The first-order chi connectivity index (χ1) is 9.85. The van der Waals surface area contributed by atoms with E-state index in [0.29, 0.717) is 18.4 Å². The third-order valence-electron chi connectivity index (χ3n) is 4.28. The summed E-state index contributed by atoms with van der Waals surface area (Å²) in [7, 11) is 0. The summed E-state index contributed by atoms with van der Waals surface area (Å²) in [6, 6.07) is 8.42. The fourth-order valence-electron chi connectivity index (χ4n) is 3.46. The van der Waals surface area contributed by atoms with Gasteiger partial charge in [0.1, 0.15) is 5.60 Å². The Morgan fingerprint density at radius 1 is 1.30 bits per heavy atom. The Balaban J connectivity index is 2.03. The number of hydrogen-bond acceptors (Lipinski definition) is 2. The molecule has 0 aliphatic heterocycles. The van der Waals surface area contributed by atoms with Gasteiger partial charge >= 0.3 is 12.1 Å². The van der Waals surface area contributed by atoms with Crippen LogP contribution in [0, 0.1) is 11.8 Å². The van der Waals surface area contributed by atoms with Crippen molar-refractivity contribution in [3.8, 4) is 0 Å². The maximum absolute atomic E-state index is 12.6. The maximum Gasteiger partial charge on any atom is 0.490 e. The molecule has 20 heavy (non-hydrogen) atoms. The molecule has 0 radical (unpaired) electrons. The third-order valence-corrected chi connectivity index (χ3v) is 4.28. The van der Waals surface area contributed by atoms with Crippen LogP contribution in [-0.2, 0) is 15.1 Å². The summed E-state index contributed by atoms with van der Waals surface area (Å²) in [5.41, 5.74) is -0.966. The predicted molar refractivity (Wildman–Crippen MR) is 65.7 cm³/mol. The van der Waals surface area contributed by atoms with E-state index >= 15 is 0 Å². The fourth-order valence-corrected chi connectivity index (χ4v) is 3.46. The van der Waals surface area contributed by atoms with Gasteiger partial charge in [-0.15, -0.1) is 0 Å². The van der Waals surface area contributed by atoms with Gasteiger partial charge in [-0.05, 0) is 37.1 Å². The largest absolute Gasteiger partial charge is 0.490 e. The van der Waals surface area contributed by atoms with Crippen molar-refractivity contribution in [1.82, 2.24) is 0 Å². The molecule has 4 atom stereocenters. The molecule has 0 amide bonds. The first kappa shape index (κ1) is 12.2. The monoisotopic (exact) mass is 285 g/mol. The van der Waals surface area contributed by atoms with Crippen LogP contribution >= 0.6 is 0 Å². The number of rotatable bonds is 2. The van der Waals surface area contributed by atoms with Gasteiger partial charge in [-0.1, -0.05) is 30.3 Å². The first-order valence-corrected chi connectivity index (χ1v) is 6.63. The number of alkyl halides is 3. The zero-order valence-electron chi connectivity index (χ0n) is 11.7. The summed E-state index contributed by atoms with van der Waals surface area (Å²) < 4.78 is 51.1. The summed E-state index contributed by atoms with van der Waals surface area (Å²) in [4.78, 5) is 11.4. The van der Waals surface area contributed by atoms with Crippen molar-refractivity contribution in [2.45, 2.75) is 37.4 Å². The smallest absolute Gasteiger partial charge is 0.447 e. The summed E-state index contributed by atoms with van der Waals surface area (Å²) in [5, 5.41) is 0. The molecule has 4 unspecified atom stereocenters. The van der Waals surface area contributed by atoms with E-state index in [1.807, 2.05) is 0 Å². The molecule has 3 rings (SSSR count). The van der Waals surface area contributed by atoms with Gasteiger partial charge in [-0.2, -0.15) is 13.2 Å². The summed E-state index contributed by atoms with van der Waals surface area (Å²) in [6.45, 7) is 0. The molecular formula is C15H15F3O2. The summed E-state index contributed by atoms with van der Waals surface area (Å²) >= 11 is 0. The van der Waals surface area contributed by atoms with Crippen LogP contribution in [0.2, 0.25) is 0 Å². The highest BCUT2D eigenvalue weighted by Crippen LogP contribution is 2.57. The Labute approximate surface area is 116 Å². The third kappa shape index (κ3) is 2.09. The number of halogens is 3. The molecule has 108 valence electrons. The quantitative estimate of drug-likeness (QED) is 0.772. The van der Waals surface area contributed by atoms with E-state index in [9.17, 15) is 18.0 Å². The lowest BCUT2D eigenvalue weighted by atomic mass is 9.78. The fraction of sp³-hybridized carbons (Fsp3) is 0.533. The molecule has 0 spiro atoms. The van der Waals surface area contributed by atoms with Crippen molar-refractivity contribution in [2.75, 3.05) is 0 Å². The summed E-state index contributed by atoms with van der Waals surface area (Å²) in [5.74, 6) is -2.41. The Kier molecular flexibility index (Phi) is 2.75. The number of fused-ring (bicyclic) bond motifs is 2. The van der Waals surface area contributed by atoms with Crippen LogP contribution in [0.5, 0.6) is 0 Å². The van der Waals surface area contributed by atoms with Crippen molar-refractivity contribution >= 4 is 5.97 Å². The maximum atomic E-state index is 12.6. The van der Waals surface area contributed by atoms with Gasteiger partial charge in [0.15, 0.2) is 0 Å². The minimum Gasteiger partial charge on any atom is -0.447 e. The lowest BCUT2D eigenvalue weighted by Gasteiger charge is -2.37. The van der Waals surface area contributed by atoms with Crippen molar-refractivity contribution < 1.29 is 24.1 Å². The van der Waals surface area contributed by atoms with E-state index in [1.165, 1.54) is 0 Å². The molecule has 0 saturated heterocycles. The molecule has 0 aromatic heterocycles. The molecule has 1 aromatic carbocycles. The average Bonchev–Trinajstić information content (AvgIpc) is 3.01. The standard InChI is InChI=1S/C15H15F3O2/c16-15(17,18)13(19)20-14(11-4-2-1-3-5-11)9-10-6-7-12(14)8-10/h1-5,10,12H,6-9H2/i9D. The van der Waals surface area contributed by atoms with Crippen LogP contribution in [0.25, 0.3) is 0 Å². The second-order valence-corrected chi connectivity index (χ2v) is 5.48. The molecular weight excluding hydrogens is 269 g/mol. The number of esters is 1. The molecule has 0 N–H and O–H groups in total. The molecule has 2 aliphatic rings. The van der Waals surface area contributed by atoms with Crippen molar-refractivity contribution in [3.63, 3.8) is 0 Å². The van der Waals surface area contributed by atoms with E-state index in [4.69, 9.17) is 6.11 Å². The molecule has 2 fully saturated rings. The molecule has 2 aliphatic carbocycles. The number of carbonyl (C=O) groups is 1. The van der Waals surface area contributed by atoms with E-state index in [2.05, 4.69) is 0 Å². The zero-order chi connectivity index (χ0) is 15.3. The lowest BCUT2D eigenvalue weighted by Crippen LogP contribution is -2.41. The van der Waals surface area contributed by atoms with Gasteiger partial charge in [0.05, 0.1) is 0 Å². The van der Waals surface area contributed by atoms with Crippen LogP contribution in [-0.4, -0.2) is 12.1 Å². The van der Waals surface area contributed by atoms with E-state index < -0.39 is 24.1 Å². The Hall–Kier alpha value is -1.52. The number of benzene rings is 1. The van der Waals surface area contributed by atoms with Crippen LogP contribution in [0.15, 0.2) is 30.3 Å². The zero-order valence-corrected chi connectivity index (χ0v) is 10.7. The van der Waals surface area contributed by atoms with Gasteiger partial charge in [-0.3, -0.25) is 0 Å². The Morgan fingerprint density at radius 2 is 2.00 bits per heavy atom. The van der Waals surface area contributed by atoms with E-state index in [-0.39, 0.29) is 11.8 Å². The van der Waals surface area contributed by atoms with Gasteiger partial charge in [0.2, 0.25) is 0 Å². The van der Waals surface area contributed by atoms with Gasteiger partial charge in [0, 0.05) is 7.29 Å². The summed E-state index contributed by atoms with van der Waals surface area (Å²) in [6.07, 6.45) is -3.72. The normalized spacial score (nSPS) is 36.8. The van der Waals surface area contributed by atoms with Crippen LogP contribution in [0.3, 0.4) is 0 Å². The molecule has 2 bridgehead atoms. The van der Waals surface area contributed by atoms with Crippen LogP contribution in [0.1, 0.15) is 32.6 Å². The Bertz CT molecular complexity index is 542. The molecule has 2 nitrogen and oxygen atoms in total. The molecule has 5 heteroatoms.